The number of carbonyl (C=O) groups excluding carboxylic acids is 2. The van der Waals surface area contributed by atoms with E-state index in [1.807, 2.05) is 33.3 Å². The van der Waals surface area contributed by atoms with Gasteiger partial charge in [-0.2, -0.15) is 0 Å². The van der Waals surface area contributed by atoms with Gasteiger partial charge in [-0.3, -0.25) is 18.6 Å². The van der Waals surface area contributed by atoms with Gasteiger partial charge in [-0.1, -0.05) is 152 Å². The molecule has 3 atom stereocenters. The molecule has 0 aliphatic heterocycles. The lowest BCUT2D eigenvalue weighted by Crippen LogP contribution is -2.37. The monoisotopic (exact) mass is 799 g/mol. The number of carbonyl (C=O) groups is 2. The first-order valence-electron chi connectivity index (χ1n) is 21.5. The summed E-state index contributed by atoms with van der Waals surface area (Å²) in [6.07, 6.45) is 37.6. The average molecular weight is 799 g/mol. The number of hydrogen-bond donors (Lipinski definition) is 2. The Hall–Kier alpha value is -2.07. The van der Waals surface area contributed by atoms with Crippen LogP contribution in [0.3, 0.4) is 0 Å². The molecule has 2 unspecified atom stereocenters. The minimum Gasteiger partial charge on any atom is -0.462 e. The van der Waals surface area contributed by atoms with Gasteiger partial charge in [0, 0.05) is 12.8 Å². The molecular weight excluding hydrogens is 717 g/mol. The number of quaternary nitrogens is 1. The Morgan fingerprint density at radius 2 is 1.20 bits per heavy atom. The van der Waals surface area contributed by atoms with Gasteiger partial charge in [0.05, 0.1) is 33.9 Å². The van der Waals surface area contributed by atoms with Gasteiger partial charge in [0.2, 0.25) is 0 Å². The van der Waals surface area contributed by atoms with Crippen molar-refractivity contribution >= 4 is 19.8 Å². The Bertz CT molecular complexity index is 1100. The van der Waals surface area contributed by atoms with Crippen LogP contribution in [0.25, 0.3) is 0 Å². The van der Waals surface area contributed by atoms with Crippen LogP contribution in [0.15, 0.2) is 48.6 Å². The third kappa shape index (κ3) is 39.9. The van der Waals surface area contributed by atoms with Crippen molar-refractivity contribution in [3.8, 4) is 0 Å². The van der Waals surface area contributed by atoms with E-state index in [-0.39, 0.29) is 26.1 Å². The van der Waals surface area contributed by atoms with E-state index in [2.05, 4.69) is 38.2 Å². The number of likely N-dealkylation sites (N-methyl/N-ethyl adjacent to an activating group) is 1. The second-order valence-electron chi connectivity index (χ2n) is 15.6. The van der Waals surface area contributed by atoms with Gasteiger partial charge in [-0.25, -0.2) is 4.57 Å². The van der Waals surface area contributed by atoms with Crippen molar-refractivity contribution in [3.05, 3.63) is 48.6 Å². The van der Waals surface area contributed by atoms with E-state index in [1.165, 1.54) is 77.0 Å². The van der Waals surface area contributed by atoms with Crippen LogP contribution in [0.5, 0.6) is 0 Å². The van der Waals surface area contributed by atoms with Crippen molar-refractivity contribution in [3.63, 3.8) is 0 Å². The van der Waals surface area contributed by atoms with Gasteiger partial charge in [0.15, 0.2) is 6.10 Å². The summed E-state index contributed by atoms with van der Waals surface area (Å²) in [5.41, 5.74) is 0. The fourth-order valence-corrected chi connectivity index (χ4v) is 6.27. The van der Waals surface area contributed by atoms with Gasteiger partial charge < -0.3 is 24.0 Å². The lowest BCUT2D eigenvalue weighted by atomic mass is 10.0. The van der Waals surface area contributed by atoms with Gasteiger partial charge in [0.1, 0.15) is 19.8 Å². The molecule has 0 fully saturated rings. The summed E-state index contributed by atoms with van der Waals surface area (Å²) >= 11 is 0. The second-order valence-corrected chi connectivity index (χ2v) is 17.0. The third-order valence-electron chi connectivity index (χ3n) is 8.97. The Balaban J connectivity index is 4.59. The Morgan fingerprint density at radius 3 is 1.82 bits per heavy atom. The summed E-state index contributed by atoms with van der Waals surface area (Å²) in [4.78, 5) is 35.3. The molecule has 55 heavy (non-hydrogen) atoms. The molecule has 0 saturated heterocycles. The van der Waals surface area contributed by atoms with Gasteiger partial charge >= 0.3 is 19.8 Å². The number of ether oxygens (including phenoxy) is 2. The maximum Gasteiger partial charge on any atom is 0.472 e. The highest BCUT2D eigenvalue weighted by atomic mass is 31.2. The number of rotatable bonds is 38. The Morgan fingerprint density at radius 1 is 0.655 bits per heavy atom. The number of allylic oxidation sites excluding steroid dienone is 7. The van der Waals surface area contributed by atoms with E-state index >= 15 is 0 Å². The van der Waals surface area contributed by atoms with E-state index in [0.29, 0.717) is 30.3 Å². The zero-order valence-electron chi connectivity index (χ0n) is 35.5. The highest BCUT2D eigenvalue weighted by Gasteiger charge is 2.27. The molecule has 0 aromatic rings. The SMILES string of the molecule is CCCCCC=CCC=CCC=CC=CC(O)CCCC(=O)O[C@H](COC(=O)CCCCCCCCCCCCCCC)COP(=O)(O)OCC[N+](C)(C)C. The predicted octanol–water partition coefficient (Wildman–Crippen LogP) is 10.9. The fourth-order valence-electron chi connectivity index (χ4n) is 5.53. The van der Waals surface area contributed by atoms with E-state index in [0.717, 1.165) is 38.5 Å². The quantitative estimate of drug-likeness (QED) is 0.0157. The molecule has 0 amide bonds. The van der Waals surface area contributed by atoms with Crippen molar-refractivity contribution in [2.45, 2.75) is 174 Å². The molecule has 2 N–H and O–H groups in total. The molecule has 0 spiro atoms. The topological polar surface area (TPSA) is 129 Å². The average Bonchev–Trinajstić information content (AvgIpc) is 3.12. The maximum atomic E-state index is 12.7. The molecule has 0 bridgehead atoms. The minimum atomic E-state index is -4.43. The van der Waals surface area contributed by atoms with Crippen LogP contribution >= 0.6 is 7.82 Å². The van der Waals surface area contributed by atoms with Crippen LogP contribution in [0.2, 0.25) is 0 Å². The lowest BCUT2D eigenvalue weighted by Gasteiger charge is -2.24. The van der Waals surface area contributed by atoms with Crippen molar-refractivity contribution in [1.82, 2.24) is 0 Å². The van der Waals surface area contributed by atoms with Crippen LogP contribution in [-0.2, 0) is 32.7 Å². The molecule has 0 aliphatic carbocycles. The summed E-state index contributed by atoms with van der Waals surface area (Å²) in [5.74, 6) is -1.00. The van der Waals surface area contributed by atoms with Crippen LogP contribution in [-0.4, -0.2) is 86.1 Å². The van der Waals surface area contributed by atoms with Crippen molar-refractivity contribution in [2.75, 3.05) is 47.5 Å². The highest BCUT2D eigenvalue weighted by molar-refractivity contribution is 7.47. The normalized spacial score (nSPS) is 14.7. The largest absolute Gasteiger partial charge is 0.472 e. The number of aliphatic hydroxyl groups excluding tert-OH is 1. The van der Waals surface area contributed by atoms with E-state index in [9.17, 15) is 24.2 Å². The third-order valence-corrected chi connectivity index (χ3v) is 9.95. The predicted molar refractivity (Wildman–Crippen MR) is 226 cm³/mol. The number of phosphoric acid groups is 1. The number of esters is 2. The number of phosphoric ester groups is 1. The van der Waals surface area contributed by atoms with E-state index < -0.39 is 38.6 Å². The molecule has 0 saturated carbocycles. The molecule has 0 aromatic carbocycles. The summed E-state index contributed by atoms with van der Waals surface area (Å²) < 4.78 is 34.1. The molecule has 0 heterocycles. The van der Waals surface area contributed by atoms with Gasteiger partial charge in [-0.05, 0) is 44.9 Å². The lowest BCUT2D eigenvalue weighted by molar-refractivity contribution is -0.870. The minimum absolute atomic E-state index is 0.00339. The molecular formula is C44H81NO9P+. The van der Waals surface area contributed by atoms with Crippen molar-refractivity contribution in [2.24, 2.45) is 0 Å². The molecule has 10 nitrogen and oxygen atoms in total. The van der Waals surface area contributed by atoms with Gasteiger partial charge in [0.25, 0.3) is 0 Å². The number of nitrogens with zero attached hydrogens (tertiary/aromatic N) is 1. The van der Waals surface area contributed by atoms with Crippen LogP contribution in [0.1, 0.15) is 162 Å². The van der Waals surface area contributed by atoms with Gasteiger partial charge in [-0.15, -0.1) is 0 Å². The smallest absolute Gasteiger partial charge is 0.462 e. The molecule has 0 radical (unpaired) electrons. The fraction of sp³-hybridized carbons (Fsp3) is 0.773. The summed E-state index contributed by atoms with van der Waals surface area (Å²) in [5, 5.41) is 10.3. The number of hydrogen-bond acceptors (Lipinski definition) is 8. The van der Waals surface area contributed by atoms with Crippen molar-refractivity contribution < 1.29 is 47.2 Å². The molecule has 0 aromatic heterocycles. The Labute approximate surface area is 336 Å². The molecule has 0 aliphatic rings. The first-order valence-corrected chi connectivity index (χ1v) is 23.0. The first kappa shape index (κ1) is 52.9. The number of aliphatic hydroxyl groups is 1. The van der Waals surface area contributed by atoms with Crippen LogP contribution in [0, 0.1) is 0 Å². The van der Waals surface area contributed by atoms with E-state index in [4.69, 9.17) is 18.5 Å². The molecule has 0 rings (SSSR count). The Kier molecular flexibility index (Phi) is 34.9. The van der Waals surface area contributed by atoms with Crippen LogP contribution < -0.4 is 0 Å². The van der Waals surface area contributed by atoms with E-state index in [1.54, 1.807) is 12.2 Å². The van der Waals surface area contributed by atoms with Crippen molar-refractivity contribution in [1.29, 1.82) is 0 Å². The summed E-state index contributed by atoms with van der Waals surface area (Å²) in [6, 6.07) is 0. The molecule has 11 heteroatoms. The summed E-state index contributed by atoms with van der Waals surface area (Å²) in [6.45, 7) is 4.16. The standard InChI is InChI=1S/C44H80NO9P/c1-6-8-10-12-14-16-18-20-22-24-26-28-30-33-41(46)34-32-36-44(48)54-42(40-53-55(49,50)52-38-37-45(3,4)5)39-51-43(47)35-31-29-27-25-23-21-19-17-15-13-11-9-7-2/h14,16,20,22,26,28,30,33,41-42,46H,6-13,15,17-19,21,23-25,27,29,31-32,34-40H2,1-5H3/p+1/t41?,42-/m1/s1. The maximum absolute atomic E-state index is 12.7. The highest BCUT2D eigenvalue weighted by Crippen LogP contribution is 2.43. The number of unbranched alkanes of at least 4 members (excludes halogenated alkanes) is 15. The second kappa shape index (κ2) is 36.3. The molecule has 320 valence electrons. The summed E-state index contributed by atoms with van der Waals surface area (Å²) in [7, 11) is 1.36. The zero-order chi connectivity index (χ0) is 40.9. The first-order chi connectivity index (χ1) is 26.4. The zero-order valence-corrected chi connectivity index (χ0v) is 36.4. The van der Waals surface area contributed by atoms with Crippen LogP contribution in [0.4, 0.5) is 0 Å².